The molecule has 3 rings (SSSR count). The lowest BCUT2D eigenvalue weighted by atomic mass is 10.2. The molecule has 92 valence electrons. The van der Waals surface area contributed by atoms with E-state index < -0.39 is 0 Å². The second kappa shape index (κ2) is 4.51. The predicted octanol–water partition coefficient (Wildman–Crippen LogP) is 3.19. The Bertz CT molecular complexity index is 411. The molecule has 2 aliphatic rings. The molecule has 0 radical (unpaired) electrons. The van der Waals surface area contributed by atoms with Crippen molar-refractivity contribution in [1.82, 2.24) is 5.32 Å². The molecule has 1 aromatic rings. The van der Waals surface area contributed by atoms with Crippen molar-refractivity contribution in [1.29, 1.82) is 0 Å². The van der Waals surface area contributed by atoms with Gasteiger partial charge in [-0.1, -0.05) is 17.7 Å². The van der Waals surface area contributed by atoms with Crippen LogP contribution in [-0.2, 0) is 6.54 Å². The Morgan fingerprint density at radius 3 is 2.65 bits per heavy atom. The van der Waals surface area contributed by atoms with Crippen LogP contribution in [0.15, 0.2) is 18.2 Å². The van der Waals surface area contributed by atoms with Crippen LogP contribution >= 0.6 is 11.6 Å². The van der Waals surface area contributed by atoms with Gasteiger partial charge in [-0.25, -0.2) is 0 Å². The predicted molar refractivity (Wildman–Crippen MR) is 72.7 cm³/mol. The molecule has 0 aromatic heterocycles. The van der Waals surface area contributed by atoms with Crippen LogP contribution in [0.25, 0.3) is 0 Å². The van der Waals surface area contributed by atoms with E-state index in [0.717, 1.165) is 23.7 Å². The molecule has 0 unspecified atom stereocenters. The normalized spacial score (nSPS) is 19.4. The monoisotopic (exact) mass is 250 g/mol. The molecule has 17 heavy (non-hydrogen) atoms. The summed E-state index contributed by atoms with van der Waals surface area (Å²) >= 11 is 6.34. The summed E-state index contributed by atoms with van der Waals surface area (Å²) in [5.74, 6) is 0. The van der Waals surface area contributed by atoms with Crippen molar-refractivity contribution in [3.05, 3.63) is 28.8 Å². The van der Waals surface area contributed by atoms with Gasteiger partial charge in [-0.15, -0.1) is 0 Å². The van der Waals surface area contributed by atoms with Crippen LogP contribution in [-0.4, -0.2) is 19.1 Å². The van der Waals surface area contributed by atoms with Crippen LogP contribution < -0.4 is 10.2 Å². The fraction of sp³-hybridized carbons (Fsp3) is 0.571. The highest BCUT2D eigenvalue weighted by Crippen LogP contribution is 2.32. The number of anilines is 1. The largest absolute Gasteiger partial charge is 0.372 e. The van der Waals surface area contributed by atoms with E-state index in [1.54, 1.807) is 0 Å². The first-order chi connectivity index (χ1) is 8.24. The van der Waals surface area contributed by atoms with Gasteiger partial charge < -0.3 is 10.2 Å². The summed E-state index contributed by atoms with van der Waals surface area (Å²) in [5.41, 5.74) is 2.46. The highest BCUT2D eigenvalue weighted by molar-refractivity contribution is 6.31. The number of hydrogen-bond acceptors (Lipinski definition) is 2. The molecule has 2 fully saturated rings. The first kappa shape index (κ1) is 11.4. The summed E-state index contributed by atoms with van der Waals surface area (Å²) in [6.45, 7) is 0.900. The van der Waals surface area contributed by atoms with Crippen LogP contribution in [0.1, 0.15) is 31.2 Å². The lowest BCUT2D eigenvalue weighted by molar-refractivity contribution is 0.688. The topological polar surface area (TPSA) is 15.3 Å². The van der Waals surface area contributed by atoms with Crippen molar-refractivity contribution in [2.75, 3.05) is 11.9 Å². The minimum Gasteiger partial charge on any atom is -0.372 e. The second-order valence-corrected chi connectivity index (χ2v) is 5.68. The summed E-state index contributed by atoms with van der Waals surface area (Å²) in [4.78, 5) is 2.34. The first-order valence-corrected chi connectivity index (χ1v) is 6.86. The SMILES string of the molecule is CN(c1ccc(CNC2CC2)c(Cl)c1)C1CC1. The molecule has 0 atom stereocenters. The highest BCUT2D eigenvalue weighted by Gasteiger charge is 2.26. The molecule has 0 amide bonds. The zero-order chi connectivity index (χ0) is 11.8. The second-order valence-electron chi connectivity index (χ2n) is 5.27. The molecule has 3 heteroatoms. The lowest BCUT2D eigenvalue weighted by Crippen LogP contribution is -2.20. The van der Waals surface area contributed by atoms with E-state index in [1.165, 1.54) is 36.9 Å². The molecule has 1 aromatic carbocycles. The van der Waals surface area contributed by atoms with E-state index in [4.69, 9.17) is 11.6 Å². The number of rotatable bonds is 5. The van der Waals surface area contributed by atoms with E-state index in [9.17, 15) is 0 Å². The number of benzene rings is 1. The van der Waals surface area contributed by atoms with Gasteiger partial charge in [0, 0.05) is 36.4 Å². The van der Waals surface area contributed by atoms with E-state index in [1.807, 2.05) is 0 Å². The van der Waals surface area contributed by atoms with Gasteiger partial charge in [-0.2, -0.15) is 0 Å². The van der Waals surface area contributed by atoms with E-state index >= 15 is 0 Å². The molecule has 0 bridgehead atoms. The smallest absolute Gasteiger partial charge is 0.0471 e. The van der Waals surface area contributed by atoms with Gasteiger partial charge in [0.15, 0.2) is 0 Å². The third-order valence-electron chi connectivity index (χ3n) is 3.70. The van der Waals surface area contributed by atoms with E-state index in [2.05, 4.69) is 35.5 Å². The maximum absolute atomic E-state index is 6.34. The Hall–Kier alpha value is -0.730. The van der Waals surface area contributed by atoms with Crippen molar-refractivity contribution in [3.8, 4) is 0 Å². The minimum atomic E-state index is 0.736. The van der Waals surface area contributed by atoms with Crippen LogP contribution in [0, 0.1) is 0 Å². The number of nitrogens with one attached hydrogen (secondary N) is 1. The molecular formula is C14H19ClN2. The van der Waals surface area contributed by atoms with Gasteiger partial charge in [0.05, 0.1) is 0 Å². The minimum absolute atomic E-state index is 0.736. The fourth-order valence-corrected chi connectivity index (χ4v) is 2.35. The molecule has 2 aliphatic carbocycles. The molecular weight excluding hydrogens is 232 g/mol. The zero-order valence-electron chi connectivity index (χ0n) is 10.2. The molecule has 2 nitrogen and oxygen atoms in total. The summed E-state index contributed by atoms with van der Waals surface area (Å²) in [6, 6.07) is 7.92. The Kier molecular flexibility index (Phi) is 3.01. The standard InChI is InChI=1S/C14H19ClN2/c1-17(12-6-7-12)13-5-2-10(14(15)8-13)9-16-11-3-4-11/h2,5,8,11-12,16H,3-4,6-7,9H2,1H3. The molecule has 0 aliphatic heterocycles. The van der Waals surface area contributed by atoms with Crippen LogP contribution in [0.5, 0.6) is 0 Å². The van der Waals surface area contributed by atoms with Crippen LogP contribution in [0.3, 0.4) is 0 Å². The average Bonchev–Trinajstić information content (AvgIpc) is 3.16. The summed E-state index contributed by atoms with van der Waals surface area (Å²) in [7, 11) is 2.16. The first-order valence-electron chi connectivity index (χ1n) is 6.48. The lowest BCUT2D eigenvalue weighted by Gasteiger charge is -2.19. The van der Waals surface area contributed by atoms with Crippen molar-refractivity contribution in [2.45, 2.75) is 44.3 Å². The number of nitrogens with zero attached hydrogens (tertiary/aromatic N) is 1. The van der Waals surface area contributed by atoms with Crippen molar-refractivity contribution in [2.24, 2.45) is 0 Å². The van der Waals surface area contributed by atoms with Crippen LogP contribution in [0.4, 0.5) is 5.69 Å². The summed E-state index contributed by atoms with van der Waals surface area (Å²) in [6.07, 6.45) is 5.28. The van der Waals surface area contributed by atoms with Gasteiger partial charge >= 0.3 is 0 Å². The third-order valence-corrected chi connectivity index (χ3v) is 4.05. The number of halogens is 1. The number of hydrogen-bond donors (Lipinski definition) is 1. The van der Waals surface area contributed by atoms with Gasteiger partial charge in [-0.3, -0.25) is 0 Å². The molecule has 0 heterocycles. The van der Waals surface area contributed by atoms with Gasteiger partial charge in [0.2, 0.25) is 0 Å². The Labute approximate surface area is 108 Å². The van der Waals surface area contributed by atoms with Crippen molar-refractivity contribution >= 4 is 17.3 Å². The van der Waals surface area contributed by atoms with E-state index in [0.29, 0.717) is 0 Å². The van der Waals surface area contributed by atoms with Gasteiger partial charge in [0.25, 0.3) is 0 Å². The zero-order valence-corrected chi connectivity index (χ0v) is 11.0. The fourth-order valence-electron chi connectivity index (χ4n) is 2.11. The Morgan fingerprint density at radius 1 is 1.29 bits per heavy atom. The Balaban J connectivity index is 1.68. The van der Waals surface area contributed by atoms with Crippen molar-refractivity contribution < 1.29 is 0 Å². The van der Waals surface area contributed by atoms with Crippen molar-refractivity contribution in [3.63, 3.8) is 0 Å². The third kappa shape index (κ3) is 2.75. The highest BCUT2D eigenvalue weighted by atomic mass is 35.5. The van der Waals surface area contributed by atoms with Crippen LogP contribution in [0.2, 0.25) is 5.02 Å². The summed E-state index contributed by atoms with van der Waals surface area (Å²) < 4.78 is 0. The van der Waals surface area contributed by atoms with Gasteiger partial charge in [-0.05, 0) is 43.4 Å². The quantitative estimate of drug-likeness (QED) is 0.864. The molecule has 1 N–H and O–H groups in total. The Morgan fingerprint density at radius 2 is 2.06 bits per heavy atom. The van der Waals surface area contributed by atoms with E-state index in [-0.39, 0.29) is 0 Å². The molecule has 0 spiro atoms. The maximum Gasteiger partial charge on any atom is 0.0471 e. The summed E-state index contributed by atoms with van der Waals surface area (Å²) in [5, 5.41) is 4.39. The maximum atomic E-state index is 6.34. The molecule has 2 saturated carbocycles. The molecule has 0 saturated heterocycles. The van der Waals surface area contributed by atoms with Gasteiger partial charge in [0.1, 0.15) is 0 Å². The average molecular weight is 251 g/mol.